The van der Waals surface area contributed by atoms with Crippen molar-refractivity contribution in [3.63, 3.8) is 0 Å². The minimum atomic E-state index is -4.58. The lowest BCUT2D eigenvalue weighted by Crippen LogP contribution is -2.45. The molecular weight excluding hydrogens is 697 g/mol. The molecule has 0 saturated heterocycles. The van der Waals surface area contributed by atoms with Crippen molar-refractivity contribution in [2.45, 2.75) is 89.4 Å². The van der Waals surface area contributed by atoms with Crippen molar-refractivity contribution < 1.29 is 27.5 Å². The van der Waals surface area contributed by atoms with Gasteiger partial charge in [-0.25, -0.2) is 0 Å². The Morgan fingerprint density at radius 1 is 0.923 bits per heavy atom. The van der Waals surface area contributed by atoms with Crippen LogP contribution in [0.4, 0.5) is 30.8 Å². The second kappa shape index (κ2) is 15.6. The number of benzene rings is 2. The molecule has 1 amide bonds. The van der Waals surface area contributed by atoms with E-state index in [1.165, 1.54) is 25.7 Å². The predicted octanol–water partition coefficient (Wildman–Crippen LogP) is 7.15. The number of anilines is 3. The summed E-state index contributed by atoms with van der Waals surface area (Å²) >= 11 is 6.05. The molecule has 2 aromatic carbocycles. The van der Waals surface area contributed by atoms with Crippen LogP contribution in [-0.4, -0.2) is 58.6 Å². The van der Waals surface area contributed by atoms with Crippen molar-refractivity contribution in [2.24, 2.45) is 5.41 Å². The van der Waals surface area contributed by atoms with E-state index in [9.17, 15) is 22.8 Å². The monoisotopic (exact) mass is 740 g/mol. The Kier molecular flexibility index (Phi) is 11.1. The molecule has 0 radical (unpaired) electrons. The topological polar surface area (TPSA) is 142 Å². The van der Waals surface area contributed by atoms with Crippen molar-refractivity contribution in [1.29, 1.82) is 0 Å². The summed E-state index contributed by atoms with van der Waals surface area (Å²) < 4.78 is 43.7. The predicted molar refractivity (Wildman–Crippen MR) is 192 cm³/mol. The number of hydrogen-bond acceptors (Lipinski definition) is 10. The van der Waals surface area contributed by atoms with Gasteiger partial charge in [-0.05, 0) is 73.1 Å². The molecule has 52 heavy (non-hydrogen) atoms. The number of aromatic nitrogens is 3. The van der Waals surface area contributed by atoms with Gasteiger partial charge in [-0.2, -0.15) is 28.1 Å². The molecule has 0 spiro atoms. The number of nitrogens with one attached hydrogen (secondary N) is 5. The third kappa shape index (κ3) is 10.0. The summed E-state index contributed by atoms with van der Waals surface area (Å²) in [5.74, 6) is -0.120. The maximum atomic E-state index is 13.1. The smallest absolute Gasteiger partial charge is 0.422 e. The molecule has 15 heteroatoms. The number of nitrogens with zero attached hydrogens (tertiary/aromatic N) is 3. The zero-order valence-electron chi connectivity index (χ0n) is 29.3. The van der Waals surface area contributed by atoms with Gasteiger partial charge in [-0.3, -0.25) is 9.59 Å². The zero-order valence-corrected chi connectivity index (χ0v) is 30.0. The number of amides is 1. The minimum Gasteiger partial charge on any atom is -0.454 e. The highest BCUT2D eigenvalue weighted by molar-refractivity contribution is 6.30. The van der Waals surface area contributed by atoms with Crippen molar-refractivity contribution >= 4 is 40.9 Å². The molecule has 278 valence electrons. The maximum Gasteiger partial charge on any atom is 0.422 e. The molecule has 0 unspecified atom stereocenters. The lowest BCUT2D eigenvalue weighted by atomic mass is 9.91. The summed E-state index contributed by atoms with van der Waals surface area (Å²) in [7, 11) is 0. The molecule has 2 fully saturated rings. The first-order chi connectivity index (χ1) is 24.8. The van der Waals surface area contributed by atoms with Gasteiger partial charge in [-0.1, -0.05) is 63.3 Å². The molecule has 1 aromatic heterocycles. The molecular formula is C37H44ClF3N8O3. The average molecular weight is 741 g/mol. The van der Waals surface area contributed by atoms with Crippen molar-refractivity contribution in [3.05, 3.63) is 76.1 Å². The first-order valence-corrected chi connectivity index (χ1v) is 18.1. The number of allylic oxidation sites excluding steroid dienone is 2. The van der Waals surface area contributed by atoms with Crippen LogP contribution in [0, 0.1) is 5.41 Å². The molecule has 1 heterocycles. The van der Waals surface area contributed by atoms with Crippen LogP contribution >= 0.6 is 11.6 Å². The van der Waals surface area contributed by atoms with Crippen molar-refractivity contribution in [3.8, 4) is 6.01 Å². The molecule has 3 aromatic rings. The largest absolute Gasteiger partial charge is 0.454 e. The van der Waals surface area contributed by atoms with E-state index in [-0.39, 0.29) is 29.0 Å². The first kappa shape index (κ1) is 37.2. The summed E-state index contributed by atoms with van der Waals surface area (Å²) in [4.78, 5) is 37.9. The summed E-state index contributed by atoms with van der Waals surface area (Å²) in [6.07, 6.45) is 4.37. The molecule has 0 bridgehead atoms. The molecule has 0 atom stereocenters. The molecule has 2 saturated carbocycles. The van der Waals surface area contributed by atoms with E-state index < -0.39 is 24.3 Å². The number of halogens is 4. The Morgan fingerprint density at radius 2 is 1.60 bits per heavy atom. The van der Waals surface area contributed by atoms with E-state index in [1.807, 2.05) is 26.0 Å². The van der Waals surface area contributed by atoms with Crippen LogP contribution in [0.5, 0.6) is 6.01 Å². The van der Waals surface area contributed by atoms with Gasteiger partial charge in [0.1, 0.15) is 0 Å². The Hall–Kier alpha value is -4.59. The van der Waals surface area contributed by atoms with Crippen LogP contribution in [-0.2, 0) is 10.3 Å². The van der Waals surface area contributed by atoms with Gasteiger partial charge in [0, 0.05) is 41.1 Å². The van der Waals surface area contributed by atoms with Gasteiger partial charge in [0.2, 0.25) is 11.9 Å². The van der Waals surface area contributed by atoms with Gasteiger partial charge in [-0.15, -0.1) is 0 Å². The minimum absolute atomic E-state index is 0.0380. The van der Waals surface area contributed by atoms with Crippen LogP contribution in [0.25, 0.3) is 0 Å². The van der Waals surface area contributed by atoms with E-state index >= 15 is 0 Å². The van der Waals surface area contributed by atoms with Crippen LogP contribution < -0.4 is 31.3 Å². The average Bonchev–Trinajstić information content (AvgIpc) is 3.92. The summed E-state index contributed by atoms with van der Waals surface area (Å²) in [6, 6.07) is 13.7. The summed E-state index contributed by atoms with van der Waals surface area (Å²) in [5.41, 5.74) is 2.70. The van der Waals surface area contributed by atoms with Gasteiger partial charge in [0.15, 0.2) is 12.4 Å². The molecule has 5 N–H and O–H groups in total. The third-order valence-corrected chi connectivity index (χ3v) is 9.76. The van der Waals surface area contributed by atoms with Gasteiger partial charge < -0.3 is 31.3 Å². The molecule has 0 aliphatic heterocycles. The number of ketones is 1. The van der Waals surface area contributed by atoms with Gasteiger partial charge >= 0.3 is 12.2 Å². The second-order valence-corrected chi connectivity index (χ2v) is 15.0. The van der Waals surface area contributed by atoms with Gasteiger partial charge in [0.25, 0.3) is 5.91 Å². The maximum absolute atomic E-state index is 13.1. The summed E-state index contributed by atoms with van der Waals surface area (Å²) in [5, 5.41) is 16.7. The van der Waals surface area contributed by atoms with E-state index in [0.29, 0.717) is 47.5 Å². The Labute approximate surface area is 306 Å². The first-order valence-electron chi connectivity index (χ1n) is 17.7. The fraction of sp³-hybridized carbons (Fsp3) is 0.486. The molecule has 3 aliphatic rings. The fourth-order valence-electron chi connectivity index (χ4n) is 6.28. The molecule has 11 nitrogen and oxygen atoms in total. The van der Waals surface area contributed by atoms with Crippen LogP contribution in [0.1, 0.15) is 87.6 Å². The lowest BCUT2D eigenvalue weighted by Gasteiger charge is -2.32. The number of carbonyl (C=O) groups excluding carboxylic acids is 2. The Bertz CT molecular complexity index is 1770. The van der Waals surface area contributed by atoms with E-state index in [4.69, 9.17) is 16.3 Å². The highest BCUT2D eigenvalue weighted by Crippen LogP contribution is 2.48. The van der Waals surface area contributed by atoms with E-state index in [2.05, 4.69) is 41.5 Å². The Morgan fingerprint density at radius 3 is 2.23 bits per heavy atom. The van der Waals surface area contributed by atoms with E-state index in [1.54, 1.807) is 36.4 Å². The van der Waals surface area contributed by atoms with E-state index in [0.717, 1.165) is 36.9 Å². The molecule has 3 aliphatic carbocycles. The second-order valence-electron chi connectivity index (χ2n) is 14.6. The van der Waals surface area contributed by atoms with Crippen LogP contribution in [0.2, 0.25) is 5.02 Å². The number of rotatable bonds is 15. The number of alkyl halides is 3. The number of ether oxygens (including phenoxy) is 1. The highest BCUT2D eigenvalue weighted by atomic mass is 35.5. The SMILES string of the molecule is CC(C)(CNC(=O)c1ccc(Nc2nc(NC3(c4ccc(Cl)cc4)CC3)nc(OCC(F)(F)F)n2)cc1)CNC1=C(NC2CCCCCC2)C(=O)C1. The lowest BCUT2D eigenvalue weighted by molar-refractivity contribution is -0.154. The Balaban J connectivity index is 1.05. The van der Waals surface area contributed by atoms with Crippen molar-refractivity contribution in [1.82, 2.24) is 30.9 Å². The number of hydrogen-bond donors (Lipinski definition) is 5. The number of carbonyl (C=O) groups is 2. The quantitative estimate of drug-likeness (QED) is 0.102. The van der Waals surface area contributed by atoms with Crippen LogP contribution in [0.15, 0.2) is 59.9 Å². The molecule has 6 rings (SSSR count). The normalized spacial score (nSPS) is 17.5. The number of Topliss-reactive ketones (excluding diaryl/α,β-unsaturated/α-hetero) is 1. The third-order valence-electron chi connectivity index (χ3n) is 9.51. The fourth-order valence-corrected chi connectivity index (χ4v) is 6.41. The van der Waals surface area contributed by atoms with Gasteiger partial charge in [0.05, 0.1) is 17.7 Å². The standard InChI is InChI=1S/C37H44ClF3N8O3/c1-35(2,20-42-28-19-29(50)30(28)44-26-7-5-3-4-6-8-26)21-43-31(51)23-9-15-27(16-10-23)45-32-46-33(48-34(47-32)52-22-37(39,40)41)49-36(17-18-36)24-11-13-25(38)14-12-24/h9-16,26,42,44H,3-8,17-22H2,1-2H3,(H,43,51)(H2,45,46,47,48,49). The zero-order chi connectivity index (χ0) is 36.9. The van der Waals surface area contributed by atoms with Crippen LogP contribution in [0.3, 0.4) is 0 Å². The highest BCUT2D eigenvalue weighted by Gasteiger charge is 2.45. The summed E-state index contributed by atoms with van der Waals surface area (Å²) in [6.45, 7) is 3.48. The van der Waals surface area contributed by atoms with Crippen molar-refractivity contribution in [2.75, 3.05) is 30.3 Å².